The number of nitrogens with one attached hydrogen (secondary N) is 2. The second-order valence-corrected chi connectivity index (χ2v) is 10.2. The van der Waals surface area contributed by atoms with E-state index in [1.54, 1.807) is 20.3 Å². The van der Waals surface area contributed by atoms with Crippen molar-refractivity contribution in [2.24, 2.45) is 5.92 Å². The van der Waals surface area contributed by atoms with Gasteiger partial charge in [0.05, 0.1) is 17.5 Å². The zero-order valence-corrected chi connectivity index (χ0v) is 20.3. The Kier molecular flexibility index (Phi) is 11.8. The summed E-state index contributed by atoms with van der Waals surface area (Å²) >= 11 is 7.58. The second kappa shape index (κ2) is 13.5. The molecule has 0 aromatic rings. The largest absolute Gasteiger partial charge is 0.388 e. The van der Waals surface area contributed by atoms with Crippen LogP contribution in [0, 0.1) is 5.92 Å². The summed E-state index contributed by atoms with van der Waals surface area (Å²) in [4.78, 5) is 13.0. The Balaban J connectivity index is 1.94. The minimum atomic E-state index is -1.37. The number of alkyl halides is 1. The number of rotatable bonds is 10. The molecule has 2 fully saturated rings. The molecule has 2 saturated heterocycles. The number of unbranched alkanes of at least 4 members (excludes halogenated alkanes) is 1. The average molecular weight is 483 g/mol. The maximum Gasteiger partial charge on any atom is 0.237 e. The number of carbonyl (C=O) groups is 1. The van der Waals surface area contributed by atoms with E-state index in [2.05, 4.69) is 10.6 Å². The Bertz CT molecular complexity index is 544. The van der Waals surface area contributed by atoms with E-state index < -0.39 is 41.3 Å². The number of thioether (sulfide) groups is 1. The van der Waals surface area contributed by atoms with Gasteiger partial charge in [-0.3, -0.25) is 4.79 Å². The maximum absolute atomic E-state index is 13.0. The van der Waals surface area contributed by atoms with Crippen LogP contribution in [0.2, 0.25) is 0 Å². The average Bonchev–Trinajstić information content (AvgIpc) is 2.99. The van der Waals surface area contributed by atoms with Crippen LogP contribution in [-0.2, 0) is 14.3 Å². The van der Waals surface area contributed by atoms with Gasteiger partial charge in [-0.05, 0) is 51.3 Å². The quantitative estimate of drug-likeness (QED) is 0.229. The molecule has 2 aliphatic heterocycles. The lowest BCUT2D eigenvalue weighted by atomic mass is 9.92. The van der Waals surface area contributed by atoms with Crippen molar-refractivity contribution in [1.82, 2.24) is 10.6 Å². The number of ether oxygens (including phenoxy) is 2. The van der Waals surface area contributed by atoms with Gasteiger partial charge in [0, 0.05) is 13.7 Å². The number of aliphatic hydroxyl groups is 3. The summed E-state index contributed by atoms with van der Waals surface area (Å²) in [5.74, 6) is 0.405. The van der Waals surface area contributed by atoms with E-state index in [1.165, 1.54) is 11.8 Å². The van der Waals surface area contributed by atoms with E-state index in [1.807, 2.05) is 0 Å². The Labute approximate surface area is 194 Å². The molecule has 0 spiro atoms. The summed E-state index contributed by atoms with van der Waals surface area (Å²) in [5.41, 5.74) is -0.715. The van der Waals surface area contributed by atoms with Crippen LogP contribution in [0.25, 0.3) is 0 Å². The van der Waals surface area contributed by atoms with E-state index in [4.69, 9.17) is 21.1 Å². The van der Waals surface area contributed by atoms with E-state index in [9.17, 15) is 20.1 Å². The van der Waals surface area contributed by atoms with Crippen LogP contribution in [0.4, 0.5) is 0 Å². The van der Waals surface area contributed by atoms with E-state index in [0.717, 1.165) is 51.7 Å². The van der Waals surface area contributed by atoms with Crippen molar-refractivity contribution < 1.29 is 29.6 Å². The van der Waals surface area contributed by atoms with Gasteiger partial charge in [-0.15, -0.1) is 23.4 Å². The summed E-state index contributed by atoms with van der Waals surface area (Å²) in [7, 11) is 1.72. The number of hydrogen-bond acceptors (Lipinski definition) is 8. The number of halogens is 1. The van der Waals surface area contributed by atoms with E-state index >= 15 is 0 Å². The molecule has 1 amide bonds. The molecule has 10 heteroatoms. The van der Waals surface area contributed by atoms with Gasteiger partial charge in [0.2, 0.25) is 5.91 Å². The predicted octanol–water partition coefficient (Wildman–Crippen LogP) is 0.844. The molecule has 0 aromatic carbocycles. The summed E-state index contributed by atoms with van der Waals surface area (Å²) in [6.45, 7) is 3.27. The van der Waals surface area contributed by atoms with Crippen LogP contribution in [0.15, 0.2) is 0 Å². The second-order valence-electron chi connectivity index (χ2n) is 8.62. The normalized spacial score (nSPS) is 36.4. The highest BCUT2D eigenvalue weighted by Gasteiger charge is 2.48. The van der Waals surface area contributed by atoms with Gasteiger partial charge >= 0.3 is 0 Å². The van der Waals surface area contributed by atoms with Crippen LogP contribution in [0.1, 0.15) is 45.4 Å². The lowest BCUT2D eigenvalue weighted by Crippen LogP contribution is -2.65. The SMILES string of the molecule is COCCCC[C@@H]1CCN[C@H](C(=O)N[C@@H](C2O[C@H](SC)[C@H](O)[C@@H](O)[C@H]2O)[C@H](C)Cl)CC1. The van der Waals surface area contributed by atoms with Crippen molar-refractivity contribution in [3.05, 3.63) is 0 Å². The Hall–Kier alpha value is -0.130. The monoisotopic (exact) mass is 482 g/mol. The molecule has 0 radical (unpaired) electrons. The Morgan fingerprint density at radius 2 is 1.97 bits per heavy atom. The minimum absolute atomic E-state index is 0.186. The van der Waals surface area contributed by atoms with Gasteiger partial charge in [0.1, 0.15) is 29.9 Å². The number of carbonyl (C=O) groups excluding carboxylic acids is 1. The van der Waals surface area contributed by atoms with Crippen molar-refractivity contribution in [2.75, 3.05) is 26.5 Å². The molecule has 0 aromatic heterocycles. The molecule has 5 N–H and O–H groups in total. The summed E-state index contributed by atoms with van der Waals surface area (Å²) in [6.07, 6.45) is 2.94. The van der Waals surface area contributed by atoms with Crippen molar-refractivity contribution in [1.29, 1.82) is 0 Å². The fourth-order valence-electron chi connectivity index (χ4n) is 4.39. The molecular weight excluding hydrogens is 444 g/mol. The molecule has 8 nitrogen and oxygen atoms in total. The van der Waals surface area contributed by atoms with Crippen molar-refractivity contribution >= 4 is 29.3 Å². The molecule has 182 valence electrons. The highest BCUT2D eigenvalue weighted by atomic mass is 35.5. The summed E-state index contributed by atoms with van der Waals surface area (Å²) in [5, 5.41) is 36.5. The van der Waals surface area contributed by atoms with Gasteiger partial charge in [-0.2, -0.15) is 0 Å². The number of amides is 1. The number of methoxy groups -OCH3 is 1. The third kappa shape index (κ3) is 7.71. The van der Waals surface area contributed by atoms with Crippen LogP contribution in [0.5, 0.6) is 0 Å². The van der Waals surface area contributed by atoms with Crippen molar-refractivity contribution in [3.63, 3.8) is 0 Å². The fraction of sp³-hybridized carbons (Fsp3) is 0.952. The van der Waals surface area contributed by atoms with Gasteiger partial charge in [-0.25, -0.2) is 0 Å². The first-order valence-corrected chi connectivity index (χ1v) is 12.9. The Morgan fingerprint density at radius 1 is 1.23 bits per heavy atom. The molecule has 1 unspecified atom stereocenters. The molecule has 0 saturated carbocycles. The van der Waals surface area contributed by atoms with E-state index in [0.29, 0.717) is 5.92 Å². The Morgan fingerprint density at radius 3 is 2.61 bits per heavy atom. The lowest BCUT2D eigenvalue weighted by Gasteiger charge is -2.44. The molecule has 0 aliphatic carbocycles. The van der Waals surface area contributed by atoms with Crippen molar-refractivity contribution in [3.8, 4) is 0 Å². The smallest absolute Gasteiger partial charge is 0.237 e. The molecule has 2 aliphatic rings. The molecule has 31 heavy (non-hydrogen) atoms. The lowest BCUT2D eigenvalue weighted by molar-refractivity contribution is -0.205. The zero-order chi connectivity index (χ0) is 23.0. The predicted molar refractivity (Wildman–Crippen MR) is 122 cm³/mol. The molecule has 0 bridgehead atoms. The third-order valence-electron chi connectivity index (χ3n) is 6.33. The fourth-order valence-corrected chi connectivity index (χ4v) is 5.28. The topological polar surface area (TPSA) is 120 Å². The molecular formula is C21H39ClN2O6S. The molecule has 2 heterocycles. The van der Waals surface area contributed by atoms with Gasteiger partial charge in [0.15, 0.2) is 0 Å². The zero-order valence-electron chi connectivity index (χ0n) is 18.7. The maximum atomic E-state index is 13.0. The van der Waals surface area contributed by atoms with Crippen LogP contribution >= 0.6 is 23.4 Å². The van der Waals surface area contributed by atoms with Crippen LogP contribution in [-0.4, -0.2) is 95.1 Å². The van der Waals surface area contributed by atoms with Crippen molar-refractivity contribution in [2.45, 2.75) is 92.8 Å². The third-order valence-corrected chi connectivity index (χ3v) is 7.46. The van der Waals surface area contributed by atoms with Gasteiger partial charge in [-0.1, -0.05) is 12.8 Å². The van der Waals surface area contributed by atoms with E-state index in [-0.39, 0.29) is 11.9 Å². The first-order chi connectivity index (χ1) is 14.8. The van der Waals surface area contributed by atoms with Crippen LogP contribution < -0.4 is 10.6 Å². The minimum Gasteiger partial charge on any atom is -0.388 e. The van der Waals surface area contributed by atoms with Gasteiger partial charge < -0.3 is 35.4 Å². The number of hydrogen-bond donors (Lipinski definition) is 5. The first-order valence-electron chi connectivity index (χ1n) is 11.2. The highest BCUT2D eigenvalue weighted by molar-refractivity contribution is 7.99. The highest BCUT2D eigenvalue weighted by Crippen LogP contribution is 2.30. The van der Waals surface area contributed by atoms with Crippen LogP contribution in [0.3, 0.4) is 0 Å². The summed E-state index contributed by atoms with van der Waals surface area (Å²) in [6, 6.07) is -1.05. The van der Waals surface area contributed by atoms with Gasteiger partial charge in [0.25, 0.3) is 0 Å². The molecule has 2 rings (SSSR count). The summed E-state index contributed by atoms with van der Waals surface area (Å²) < 4.78 is 10.9. The standard InChI is InChI=1S/C21H39ClN2O6S/c1-12(22)15(19-17(26)16(25)18(27)21(30-19)31-3)24-20(28)14-8-7-13(9-10-23-14)6-4-5-11-29-2/h12-19,21,23,25-27H,4-11H2,1-3H3,(H,24,28)/t12-,13-,14-,15+,16-,17+,18+,19?,21+/m0/s1. The molecule has 9 atom stereocenters. The first kappa shape index (κ1) is 27.1. The number of aliphatic hydroxyl groups excluding tert-OH is 3.